The highest BCUT2D eigenvalue weighted by Crippen LogP contribution is 2.45. The van der Waals surface area contributed by atoms with Crippen molar-refractivity contribution in [1.82, 2.24) is 0 Å². The van der Waals surface area contributed by atoms with Crippen LogP contribution in [-0.4, -0.2) is 13.0 Å². The molecule has 1 aliphatic rings. The molecule has 4 heteroatoms. The number of amides is 1. The van der Waals surface area contributed by atoms with E-state index in [2.05, 4.69) is 18.2 Å². The van der Waals surface area contributed by atoms with Gasteiger partial charge in [0.2, 0.25) is 5.91 Å². The number of benzene rings is 2. The molecule has 0 fully saturated rings. The molecule has 2 aromatic rings. The standard InChI is InChI=1S/C17H17NO2S/c1-20-15-8-4-7-13-14(9-16(18)19)12-6-3-2-5-11(12)10-21-17(13)15/h2-8,14H,9-10H2,1H3,(H2,18,19)/t14-/m1/s1. The summed E-state index contributed by atoms with van der Waals surface area (Å²) in [6, 6.07) is 14.3. The van der Waals surface area contributed by atoms with Gasteiger partial charge in [-0.25, -0.2) is 0 Å². The molecule has 2 N–H and O–H groups in total. The second-order valence-electron chi connectivity index (χ2n) is 5.09. The summed E-state index contributed by atoms with van der Waals surface area (Å²) in [5.74, 6) is 1.45. The Morgan fingerprint density at radius 1 is 1.24 bits per heavy atom. The highest BCUT2D eigenvalue weighted by molar-refractivity contribution is 7.98. The second-order valence-corrected chi connectivity index (χ2v) is 6.07. The van der Waals surface area contributed by atoms with Crippen LogP contribution in [0.5, 0.6) is 5.75 Å². The van der Waals surface area contributed by atoms with E-state index >= 15 is 0 Å². The minimum Gasteiger partial charge on any atom is -0.496 e. The van der Waals surface area contributed by atoms with Gasteiger partial charge in [-0.3, -0.25) is 4.79 Å². The third-order valence-electron chi connectivity index (χ3n) is 3.81. The summed E-state index contributed by atoms with van der Waals surface area (Å²) in [7, 11) is 1.68. The topological polar surface area (TPSA) is 52.3 Å². The zero-order valence-corrected chi connectivity index (χ0v) is 12.7. The lowest BCUT2D eigenvalue weighted by molar-refractivity contribution is -0.118. The highest BCUT2D eigenvalue weighted by Gasteiger charge is 2.27. The number of ether oxygens (including phenoxy) is 1. The fourth-order valence-corrected chi connectivity index (χ4v) is 4.10. The molecule has 1 heterocycles. The molecule has 2 aromatic carbocycles. The first-order valence-corrected chi connectivity index (χ1v) is 7.85. The van der Waals surface area contributed by atoms with E-state index in [4.69, 9.17) is 10.5 Å². The molecule has 108 valence electrons. The molecule has 0 aliphatic carbocycles. The van der Waals surface area contributed by atoms with Gasteiger partial charge in [0.05, 0.1) is 12.0 Å². The average molecular weight is 299 g/mol. The Morgan fingerprint density at radius 2 is 2.00 bits per heavy atom. The van der Waals surface area contributed by atoms with E-state index < -0.39 is 0 Å². The summed E-state index contributed by atoms with van der Waals surface area (Å²) in [5, 5.41) is 0. The number of carbonyl (C=O) groups excluding carboxylic acids is 1. The van der Waals surface area contributed by atoms with Crippen LogP contribution < -0.4 is 10.5 Å². The van der Waals surface area contributed by atoms with Crippen LogP contribution >= 0.6 is 11.8 Å². The number of primary amides is 1. The zero-order valence-electron chi connectivity index (χ0n) is 11.8. The molecule has 1 amide bonds. The summed E-state index contributed by atoms with van der Waals surface area (Å²) < 4.78 is 5.48. The lowest BCUT2D eigenvalue weighted by Gasteiger charge is -2.19. The molecule has 21 heavy (non-hydrogen) atoms. The molecule has 0 spiro atoms. The Bertz CT molecular complexity index is 684. The van der Waals surface area contributed by atoms with Gasteiger partial charge in [0.1, 0.15) is 5.75 Å². The Kier molecular flexibility index (Phi) is 3.88. The van der Waals surface area contributed by atoms with Gasteiger partial charge >= 0.3 is 0 Å². The van der Waals surface area contributed by atoms with Crippen molar-refractivity contribution in [3.8, 4) is 5.75 Å². The van der Waals surface area contributed by atoms with Crippen LogP contribution in [-0.2, 0) is 10.5 Å². The first kappa shape index (κ1) is 14.0. The second kappa shape index (κ2) is 5.82. The van der Waals surface area contributed by atoms with Crippen molar-refractivity contribution in [2.45, 2.75) is 23.0 Å². The summed E-state index contributed by atoms with van der Waals surface area (Å²) in [5.41, 5.74) is 9.06. The number of hydrogen-bond acceptors (Lipinski definition) is 3. The van der Waals surface area contributed by atoms with E-state index in [9.17, 15) is 4.79 Å². The van der Waals surface area contributed by atoms with Crippen LogP contribution in [0.3, 0.4) is 0 Å². The van der Waals surface area contributed by atoms with E-state index in [0.717, 1.165) is 22.0 Å². The average Bonchev–Trinajstić information content (AvgIpc) is 2.65. The van der Waals surface area contributed by atoms with Gasteiger partial charge in [0.25, 0.3) is 0 Å². The SMILES string of the molecule is COc1cccc2c1SCc1ccccc1[C@H]2CC(N)=O. The number of methoxy groups -OCH3 is 1. The Balaban J connectivity index is 2.18. The number of thioether (sulfide) groups is 1. The highest BCUT2D eigenvalue weighted by atomic mass is 32.2. The van der Waals surface area contributed by atoms with Crippen molar-refractivity contribution < 1.29 is 9.53 Å². The largest absolute Gasteiger partial charge is 0.496 e. The van der Waals surface area contributed by atoms with E-state index in [-0.39, 0.29) is 11.8 Å². The predicted octanol–water partition coefficient (Wildman–Crippen LogP) is 3.31. The molecule has 0 saturated carbocycles. The van der Waals surface area contributed by atoms with Crippen molar-refractivity contribution in [3.05, 3.63) is 59.2 Å². The van der Waals surface area contributed by atoms with Crippen molar-refractivity contribution in [1.29, 1.82) is 0 Å². The van der Waals surface area contributed by atoms with Crippen LogP contribution in [0.2, 0.25) is 0 Å². The quantitative estimate of drug-likeness (QED) is 0.946. The maximum atomic E-state index is 11.5. The van der Waals surface area contributed by atoms with Gasteiger partial charge in [-0.2, -0.15) is 0 Å². The van der Waals surface area contributed by atoms with Gasteiger partial charge in [0.15, 0.2) is 0 Å². The number of nitrogens with two attached hydrogens (primary N) is 1. The Morgan fingerprint density at radius 3 is 2.76 bits per heavy atom. The molecule has 0 radical (unpaired) electrons. The zero-order chi connectivity index (χ0) is 14.8. The molecule has 1 atom stereocenters. The lowest BCUT2D eigenvalue weighted by Crippen LogP contribution is -2.17. The molecular weight excluding hydrogens is 282 g/mol. The van der Waals surface area contributed by atoms with Gasteiger partial charge in [-0.05, 0) is 22.8 Å². The van der Waals surface area contributed by atoms with E-state index in [1.165, 1.54) is 11.1 Å². The molecular formula is C17H17NO2S. The third-order valence-corrected chi connectivity index (χ3v) is 4.99. The molecule has 0 aromatic heterocycles. The number of carbonyl (C=O) groups is 1. The minimum absolute atomic E-state index is 0.00111. The number of fused-ring (bicyclic) bond motifs is 2. The summed E-state index contributed by atoms with van der Waals surface area (Å²) >= 11 is 1.76. The molecule has 3 rings (SSSR count). The maximum Gasteiger partial charge on any atom is 0.218 e. The molecule has 0 unspecified atom stereocenters. The van der Waals surface area contributed by atoms with Gasteiger partial charge < -0.3 is 10.5 Å². The van der Waals surface area contributed by atoms with E-state index in [0.29, 0.717) is 6.42 Å². The first-order chi connectivity index (χ1) is 10.2. The maximum absolute atomic E-state index is 11.5. The normalized spacial score (nSPS) is 16.5. The van der Waals surface area contributed by atoms with Crippen molar-refractivity contribution in [2.24, 2.45) is 5.73 Å². The molecule has 0 bridgehead atoms. The van der Waals surface area contributed by atoms with Gasteiger partial charge in [-0.15, -0.1) is 11.8 Å². The lowest BCUT2D eigenvalue weighted by atomic mass is 9.86. The molecule has 0 saturated heterocycles. The van der Waals surface area contributed by atoms with E-state index in [1.54, 1.807) is 18.9 Å². The van der Waals surface area contributed by atoms with Crippen LogP contribution in [0.25, 0.3) is 0 Å². The summed E-state index contributed by atoms with van der Waals surface area (Å²) in [4.78, 5) is 12.7. The fourth-order valence-electron chi connectivity index (χ4n) is 2.87. The number of hydrogen-bond donors (Lipinski definition) is 1. The van der Waals surface area contributed by atoms with Crippen molar-refractivity contribution in [3.63, 3.8) is 0 Å². The van der Waals surface area contributed by atoms with Crippen molar-refractivity contribution in [2.75, 3.05) is 7.11 Å². The fraction of sp³-hybridized carbons (Fsp3) is 0.235. The Hall–Kier alpha value is -1.94. The van der Waals surface area contributed by atoms with Gasteiger partial charge in [-0.1, -0.05) is 36.4 Å². The van der Waals surface area contributed by atoms with Crippen LogP contribution in [0, 0.1) is 0 Å². The first-order valence-electron chi connectivity index (χ1n) is 6.86. The van der Waals surface area contributed by atoms with Crippen LogP contribution in [0.15, 0.2) is 47.4 Å². The van der Waals surface area contributed by atoms with Crippen molar-refractivity contribution >= 4 is 17.7 Å². The smallest absolute Gasteiger partial charge is 0.218 e. The van der Waals surface area contributed by atoms with Crippen LogP contribution in [0.4, 0.5) is 0 Å². The third kappa shape index (κ3) is 2.63. The number of rotatable bonds is 3. The Labute approximate surface area is 128 Å². The monoisotopic (exact) mass is 299 g/mol. The van der Waals surface area contributed by atoms with Gasteiger partial charge in [0, 0.05) is 18.1 Å². The molecule has 1 aliphatic heterocycles. The summed E-state index contributed by atoms with van der Waals surface area (Å²) in [6.45, 7) is 0. The van der Waals surface area contributed by atoms with E-state index in [1.807, 2.05) is 24.3 Å². The van der Waals surface area contributed by atoms with Crippen LogP contribution in [0.1, 0.15) is 29.0 Å². The summed E-state index contributed by atoms with van der Waals surface area (Å²) in [6.07, 6.45) is 0.317. The minimum atomic E-state index is -0.282. The molecule has 3 nitrogen and oxygen atoms in total. The predicted molar refractivity (Wildman–Crippen MR) is 84.7 cm³/mol.